The normalized spacial score (nSPS) is 17.7. The Hall–Kier alpha value is -4.12. The second-order valence-electron chi connectivity index (χ2n) is 12.8. The van der Waals surface area contributed by atoms with Crippen LogP contribution in [0.15, 0.2) is 71.6 Å². The van der Waals surface area contributed by atoms with E-state index in [2.05, 4.69) is 4.74 Å². The molecule has 0 aliphatic carbocycles. The topological polar surface area (TPSA) is 84.0 Å². The van der Waals surface area contributed by atoms with Crippen LogP contribution in [0.25, 0.3) is 0 Å². The predicted octanol–water partition coefficient (Wildman–Crippen LogP) is 7.19. The number of piperidine rings is 2. The van der Waals surface area contributed by atoms with Crippen LogP contribution in [0.3, 0.4) is 0 Å². The summed E-state index contributed by atoms with van der Waals surface area (Å²) in [4.78, 5) is 27.8. The highest BCUT2D eigenvalue weighted by molar-refractivity contribution is 7.92. The number of nitrogens with zero attached hydrogens (tertiary/aromatic N) is 2. The second kappa shape index (κ2) is 14.4. The molecule has 2 fully saturated rings. The van der Waals surface area contributed by atoms with Crippen LogP contribution in [0.2, 0.25) is 0 Å². The van der Waals surface area contributed by atoms with E-state index in [4.69, 9.17) is 0 Å². The molecule has 0 N–H and O–H groups in total. The maximum absolute atomic E-state index is 14.6. The van der Waals surface area contributed by atoms with Crippen molar-refractivity contribution >= 4 is 21.7 Å². The third kappa shape index (κ3) is 7.00. The van der Waals surface area contributed by atoms with Gasteiger partial charge in [-0.25, -0.2) is 21.6 Å². The Balaban J connectivity index is 1.52. The van der Waals surface area contributed by atoms with Crippen molar-refractivity contribution in [3.8, 4) is 0 Å². The number of hydrogen-bond acceptors (Lipinski definition) is 5. The summed E-state index contributed by atoms with van der Waals surface area (Å²) in [6.07, 6.45) is -12.3. The lowest BCUT2D eigenvalue weighted by atomic mass is 9.84. The molecule has 5 rings (SSSR count). The highest BCUT2D eigenvalue weighted by Crippen LogP contribution is 2.54. The Morgan fingerprint density at radius 1 is 0.769 bits per heavy atom. The van der Waals surface area contributed by atoms with E-state index >= 15 is 0 Å². The molecule has 52 heavy (non-hydrogen) atoms. The zero-order chi connectivity index (χ0) is 38.3. The van der Waals surface area contributed by atoms with Gasteiger partial charge in [-0.15, -0.1) is 0 Å². The number of halogens is 9. The lowest BCUT2D eigenvalue weighted by Gasteiger charge is -2.43. The molecule has 2 aliphatic rings. The van der Waals surface area contributed by atoms with Gasteiger partial charge in [0.05, 0.1) is 11.5 Å². The van der Waals surface area contributed by atoms with Gasteiger partial charge in [0.1, 0.15) is 22.2 Å². The summed E-state index contributed by atoms with van der Waals surface area (Å²) in [5.74, 6) is -4.51. The summed E-state index contributed by atoms with van der Waals surface area (Å²) in [5.41, 5.74) is -8.01. The molecule has 3 aromatic carbocycles. The third-order valence-electron chi connectivity index (χ3n) is 9.92. The number of carbonyl (C=O) groups is 2. The van der Waals surface area contributed by atoms with Crippen LogP contribution in [0.1, 0.15) is 49.3 Å². The summed E-state index contributed by atoms with van der Waals surface area (Å²) in [6, 6.07) is 8.22. The average molecular weight is 765 g/mol. The second-order valence-corrected chi connectivity index (χ2v) is 15.1. The Morgan fingerprint density at radius 2 is 1.29 bits per heavy atom. The monoisotopic (exact) mass is 764 g/mol. The molecule has 17 heteroatoms. The maximum Gasteiger partial charge on any atom is 0.430 e. The van der Waals surface area contributed by atoms with Crippen molar-refractivity contribution in [3.05, 3.63) is 101 Å². The molecule has 0 atom stereocenters. The van der Waals surface area contributed by atoms with Crippen LogP contribution >= 0.6 is 0 Å². The molecule has 0 unspecified atom stereocenters. The fourth-order valence-electron chi connectivity index (χ4n) is 6.93. The standard InChI is InChI=1S/C35H33F9N2O5S/c1-22(47)45-17-13-23(14-18-45)31(48)46-19-15-32(16-20-46,52(49,50)27-11-9-26(36)10-12-27)24-5-7-25(8-6-24)33(34(39,40)41,35(42,43)44)51-21-28-29(37)3-2-4-30(28)38/h2-12,23H,13-21H2,1H3. The largest absolute Gasteiger partial charge is 0.430 e. The number of amides is 2. The minimum atomic E-state index is -6.22. The smallest absolute Gasteiger partial charge is 0.349 e. The number of hydrogen-bond donors (Lipinski definition) is 0. The van der Waals surface area contributed by atoms with Gasteiger partial charge in [0.2, 0.25) is 11.8 Å². The zero-order valence-electron chi connectivity index (χ0n) is 27.5. The van der Waals surface area contributed by atoms with Crippen LogP contribution in [0, 0.1) is 23.4 Å². The van der Waals surface area contributed by atoms with Gasteiger partial charge in [-0.2, -0.15) is 26.3 Å². The van der Waals surface area contributed by atoms with Crippen molar-refractivity contribution < 1.29 is 62.3 Å². The summed E-state index contributed by atoms with van der Waals surface area (Å²) in [6.45, 7) is 0.0449. The number of rotatable bonds is 8. The van der Waals surface area contributed by atoms with E-state index in [0.717, 1.165) is 42.5 Å². The van der Waals surface area contributed by atoms with Gasteiger partial charge in [0.15, 0.2) is 9.84 Å². The Morgan fingerprint density at radius 3 is 1.77 bits per heavy atom. The van der Waals surface area contributed by atoms with E-state index in [-0.39, 0.29) is 48.2 Å². The molecule has 0 radical (unpaired) electrons. The first-order valence-electron chi connectivity index (χ1n) is 16.1. The number of likely N-dealkylation sites (tertiary alicyclic amines) is 2. The zero-order valence-corrected chi connectivity index (χ0v) is 28.4. The SMILES string of the molecule is CC(=O)N1CCC(C(=O)N2CCC(c3ccc(C(OCc4c(F)cccc4F)(C(F)(F)F)C(F)(F)F)cc3)(S(=O)(=O)c3ccc(F)cc3)CC2)CC1. The molecule has 2 heterocycles. The quantitative estimate of drug-likeness (QED) is 0.179. The molecular formula is C35H33F9N2O5S. The van der Waals surface area contributed by atoms with Gasteiger partial charge in [-0.1, -0.05) is 30.3 Å². The molecule has 2 amide bonds. The van der Waals surface area contributed by atoms with E-state index in [0.29, 0.717) is 50.2 Å². The highest BCUT2D eigenvalue weighted by atomic mass is 32.2. The lowest BCUT2D eigenvalue weighted by molar-refractivity contribution is -0.392. The van der Waals surface area contributed by atoms with Crippen molar-refractivity contribution in [2.75, 3.05) is 26.2 Å². The third-order valence-corrected chi connectivity index (χ3v) is 12.5. The van der Waals surface area contributed by atoms with Crippen LogP contribution in [0.4, 0.5) is 39.5 Å². The molecule has 2 saturated heterocycles. The molecule has 0 bridgehead atoms. The average Bonchev–Trinajstić information content (AvgIpc) is 3.08. The molecule has 0 spiro atoms. The molecule has 2 aliphatic heterocycles. The number of benzene rings is 3. The first-order chi connectivity index (χ1) is 24.2. The van der Waals surface area contributed by atoms with Gasteiger partial charge >= 0.3 is 12.4 Å². The summed E-state index contributed by atoms with van der Waals surface area (Å²) in [7, 11) is -4.55. The van der Waals surface area contributed by atoms with Crippen molar-refractivity contribution in [2.45, 2.75) is 66.8 Å². The molecule has 7 nitrogen and oxygen atoms in total. The van der Waals surface area contributed by atoms with E-state index < -0.39 is 73.6 Å². The summed E-state index contributed by atoms with van der Waals surface area (Å²) >= 11 is 0. The minimum Gasteiger partial charge on any atom is -0.349 e. The fraction of sp³-hybridized carbons (Fsp3) is 0.429. The van der Waals surface area contributed by atoms with Gasteiger partial charge in [0.25, 0.3) is 5.60 Å². The maximum atomic E-state index is 14.6. The van der Waals surface area contributed by atoms with Gasteiger partial charge in [0, 0.05) is 50.1 Å². The molecule has 0 aromatic heterocycles. The number of sulfone groups is 1. The van der Waals surface area contributed by atoms with E-state index in [1.54, 1.807) is 4.90 Å². The minimum absolute atomic E-state index is 0.140. The van der Waals surface area contributed by atoms with Crippen LogP contribution in [-0.4, -0.2) is 68.6 Å². The lowest BCUT2D eigenvalue weighted by Crippen LogP contribution is -2.56. The van der Waals surface area contributed by atoms with Crippen molar-refractivity contribution in [1.82, 2.24) is 9.80 Å². The molecule has 0 saturated carbocycles. The Bertz CT molecular complexity index is 1850. The van der Waals surface area contributed by atoms with Crippen molar-refractivity contribution in [3.63, 3.8) is 0 Å². The van der Waals surface area contributed by atoms with E-state index in [1.165, 1.54) is 11.8 Å². The van der Waals surface area contributed by atoms with Gasteiger partial charge in [-0.3, -0.25) is 9.59 Å². The number of ether oxygens (including phenoxy) is 1. The highest BCUT2D eigenvalue weighted by Gasteiger charge is 2.73. The van der Waals surface area contributed by atoms with Gasteiger partial charge < -0.3 is 14.5 Å². The van der Waals surface area contributed by atoms with E-state index in [9.17, 15) is 57.5 Å². The Labute approximate surface area is 293 Å². The van der Waals surface area contributed by atoms with Gasteiger partial charge in [-0.05, 0) is 67.6 Å². The van der Waals surface area contributed by atoms with Crippen LogP contribution in [0.5, 0.6) is 0 Å². The summed E-state index contributed by atoms with van der Waals surface area (Å²) in [5, 5.41) is 0. The first kappa shape index (κ1) is 39.1. The molecule has 3 aromatic rings. The Kier molecular flexibility index (Phi) is 10.8. The molecular weight excluding hydrogens is 731 g/mol. The number of carbonyl (C=O) groups excluding carboxylic acids is 2. The first-order valence-corrected chi connectivity index (χ1v) is 17.6. The predicted molar refractivity (Wildman–Crippen MR) is 167 cm³/mol. The fourth-order valence-corrected chi connectivity index (χ4v) is 9.05. The van der Waals surface area contributed by atoms with Crippen LogP contribution in [-0.2, 0) is 41.1 Å². The van der Waals surface area contributed by atoms with E-state index in [1.807, 2.05) is 0 Å². The van der Waals surface area contributed by atoms with Crippen molar-refractivity contribution in [2.24, 2.45) is 5.92 Å². The summed E-state index contributed by atoms with van der Waals surface area (Å²) < 4.78 is 161. The van der Waals surface area contributed by atoms with Crippen LogP contribution < -0.4 is 0 Å². The van der Waals surface area contributed by atoms with Crippen molar-refractivity contribution in [1.29, 1.82) is 0 Å². The molecule has 282 valence electrons. The number of alkyl halides is 6.